The van der Waals surface area contributed by atoms with Gasteiger partial charge in [-0.05, 0) is 48.0 Å². The van der Waals surface area contributed by atoms with Crippen molar-refractivity contribution < 1.29 is 0 Å². The highest BCUT2D eigenvalue weighted by atomic mass is 15.1. The molecule has 0 spiro atoms. The molecule has 0 atom stereocenters. The maximum Gasteiger partial charge on any atom is 0.0240 e. The van der Waals surface area contributed by atoms with Crippen LogP contribution in [0.4, 0.5) is 0 Å². The number of hydrogen-bond acceptors (Lipinski definition) is 2. The molecule has 2 rings (SSSR count). The molecule has 18 heavy (non-hydrogen) atoms. The maximum atomic E-state index is 5.55. The number of nitrogens with zero attached hydrogens (tertiary/aromatic N) is 1. The van der Waals surface area contributed by atoms with Crippen molar-refractivity contribution in [2.45, 2.75) is 52.1 Å². The zero-order chi connectivity index (χ0) is 13.2. The minimum absolute atomic E-state index is 0.252. The fourth-order valence-corrected chi connectivity index (χ4v) is 2.57. The zero-order valence-electron chi connectivity index (χ0n) is 12.0. The molecule has 0 bridgehead atoms. The Hall–Kier alpha value is -0.860. The van der Waals surface area contributed by atoms with Crippen molar-refractivity contribution in [3.63, 3.8) is 0 Å². The summed E-state index contributed by atoms with van der Waals surface area (Å²) < 4.78 is 0. The van der Waals surface area contributed by atoms with E-state index in [0.717, 1.165) is 26.1 Å². The second-order valence-corrected chi connectivity index (χ2v) is 6.44. The topological polar surface area (TPSA) is 29.3 Å². The van der Waals surface area contributed by atoms with Gasteiger partial charge in [-0.3, -0.25) is 4.90 Å². The molecule has 0 radical (unpaired) electrons. The molecule has 1 aromatic carbocycles. The van der Waals surface area contributed by atoms with Gasteiger partial charge in [0.25, 0.3) is 0 Å². The molecule has 0 fully saturated rings. The van der Waals surface area contributed by atoms with Gasteiger partial charge in [0.1, 0.15) is 0 Å². The largest absolute Gasteiger partial charge is 0.330 e. The fourth-order valence-electron chi connectivity index (χ4n) is 2.57. The van der Waals surface area contributed by atoms with Gasteiger partial charge in [-0.25, -0.2) is 0 Å². The molecule has 1 heterocycles. The maximum absolute atomic E-state index is 5.55. The van der Waals surface area contributed by atoms with Gasteiger partial charge in [0.05, 0.1) is 0 Å². The van der Waals surface area contributed by atoms with Gasteiger partial charge in [-0.1, -0.05) is 39.0 Å². The average molecular weight is 246 g/mol. The summed E-state index contributed by atoms with van der Waals surface area (Å²) in [6.07, 6.45) is 2.36. The van der Waals surface area contributed by atoms with Crippen molar-refractivity contribution in [2.24, 2.45) is 5.73 Å². The van der Waals surface area contributed by atoms with Crippen molar-refractivity contribution >= 4 is 0 Å². The first-order valence-corrected chi connectivity index (χ1v) is 7.05. The van der Waals surface area contributed by atoms with Gasteiger partial charge in [0.2, 0.25) is 0 Å². The first-order valence-electron chi connectivity index (χ1n) is 7.05. The predicted molar refractivity (Wildman–Crippen MR) is 77.5 cm³/mol. The first-order chi connectivity index (χ1) is 8.50. The van der Waals surface area contributed by atoms with Gasteiger partial charge < -0.3 is 5.73 Å². The predicted octanol–water partition coefficient (Wildman–Crippen LogP) is 3.04. The van der Waals surface area contributed by atoms with Crippen LogP contribution in [0.25, 0.3) is 0 Å². The van der Waals surface area contributed by atoms with E-state index in [0.29, 0.717) is 0 Å². The van der Waals surface area contributed by atoms with Crippen LogP contribution < -0.4 is 5.73 Å². The fraction of sp³-hybridized carbons (Fsp3) is 0.625. The number of fused-ring (bicyclic) bond motifs is 1. The SMILES string of the molecule is CC(C)(C)c1ccc2c(c1)CN(CCCCN)C2. The highest BCUT2D eigenvalue weighted by Gasteiger charge is 2.21. The lowest BCUT2D eigenvalue weighted by Gasteiger charge is -2.19. The number of hydrogen-bond donors (Lipinski definition) is 1. The summed E-state index contributed by atoms with van der Waals surface area (Å²) in [5.74, 6) is 0. The molecule has 1 aliphatic rings. The summed E-state index contributed by atoms with van der Waals surface area (Å²) in [6, 6.07) is 7.01. The van der Waals surface area contributed by atoms with E-state index >= 15 is 0 Å². The zero-order valence-corrected chi connectivity index (χ0v) is 12.0. The van der Waals surface area contributed by atoms with Gasteiger partial charge in [-0.2, -0.15) is 0 Å². The van der Waals surface area contributed by atoms with Crippen molar-refractivity contribution in [1.82, 2.24) is 4.90 Å². The lowest BCUT2D eigenvalue weighted by molar-refractivity contribution is 0.278. The Bertz CT molecular complexity index is 404. The van der Waals surface area contributed by atoms with E-state index < -0.39 is 0 Å². The number of nitrogens with two attached hydrogens (primary N) is 1. The molecule has 100 valence electrons. The minimum Gasteiger partial charge on any atom is -0.330 e. The Morgan fingerprint density at radius 3 is 2.50 bits per heavy atom. The molecular formula is C16H26N2. The van der Waals surface area contributed by atoms with Crippen LogP contribution in [0.15, 0.2) is 18.2 Å². The molecule has 2 heteroatoms. The summed E-state index contributed by atoms with van der Waals surface area (Å²) in [6.45, 7) is 11.1. The molecule has 2 N–H and O–H groups in total. The van der Waals surface area contributed by atoms with Crippen LogP contribution in [-0.2, 0) is 18.5 Å². The Morgan fingerprint density at radius 2 is 1.83 bits per heavy atom. The van der Waals surface area contributed by atoms with Crippen molar-refractivity contribution in [3.05, 3.63) is 34.9 Å². The molecule has 0 aromatic heterocycles. The van der Waals surface area contributed by atoms with Gasteiger partial charge in [0, 0.05) is 13.1 Å². The van der Waals surface area contributed by atoms with Crippen LogP contribution in [-0.4, -0.2) is 18.0 Å². The second kappa shape index (κ2) is 5.41. The smallest absolute Gasteiger partial charge is 0.0240 e. The highest BCUT2D eigenvalue weighted by Crippen LogP contribution is 2.29. The monoisotopic (exact) mass is 246 g/mol. The average Bonchev–Trinajstić information content (AvgIpc) is 2.69. The van der Waals surface area contributed by atoms with Crippen LogP contribution in [0.2, 0.25) is 0 Å². The molecule has 0 aliphatic carbocycles. The van der Waals surface area contributed by atoms with Crippen LogP contribution in [0.1, 0.15) is 50.3 Å². The van der Waals surface area contributed by atoms with Crippen molar-refractivity contribution in [1.29, 1.82) is 0 Å². The summed E-state index contributed by atoms with van der Waals surface area (Å²) in [4.78, 5) is 2.53. The normalized spacial score (nSPS) is 16.0. The van der Waals surface area contributed by atoms with Crippen molar-refractivity contribution in [2.75, 3.05) is 13.1 Å². The summed E-state index contributed by atoms with van der Waals surface area (Å²) in [7, 11) is 0. The molecule has 1 aliphatic heterocycles. The third-order valence-corrected chi connectivity index (χ3v) is 3.79. The van der Waals surface area contributed by atoms with Crippen LogP contribution in [0.5, 0.6) is 0 Å². The molecule has 1 aromatic rings. The van der Waals surface area contributed by atoms with E-state index in [1.807, 2.05) is 0 Å². The second-order valence-electron chi connectivity index (χ2n) is 6.44. The molecule has 0 saturated heterocycles. The van der Waals surface area contributed by atoms with E-state index in [1.54, 1.807) is 0 Å². The highest BCUT2D eigenvalue weighted by molar-refractivity contribution is 5.37. The Balaban J connectivity index is 2.02. The van der Waals surface area contributed by atoms with Gasteiger partial charge in [-0.15, -0.1) is 0 Å². The molecule has 0 amide bonds. The van der Waals surface area contributed by atoms with Crippen molar-refractivity contribution in [3.8, 4) is 0 Å². The Morgan fingerprint density at radius 1 is 1.11 bits per heavy atom. The standard InChI is InChI=1S/C16H26N2/c1-16(2,3)15-7-6-13-11-18(9-5-4-8-17)12-14(13)10-15/h6-7,10H,4-5,8-9,11-12,17H2,1-3H3. The Labute approximate surface area is 111 Å². The molecule has 0 unspecified atom stereocenters. The quantitative estimate of drug-likeness (QED) is 0.827. The third-order valence-electron chi connectivity index (χ3n) is 3.79. The summed E-state index contributed by atoms with van der Waals surface area (Å²) >= 11 is 0. The summed E-state index contributed by atoms with van der Waals surface area (Å²) in [5, 5.41) is 0. The lowest BCUT2D eigenvalue weighted by Crippen LogP contribution is -2.18. The van der Waals surface area contributed by atoms with E-state index in [4.69, 9.17) is 5.73 Å². The first kappa shape index (κ1) is 13.6. The van der Waals surface area contributed by atoms with Crippen LogP contribution in [0, 0.1) is 0 Å². The lowest BCUT2D eigenvalue weighted by atomic mass is 9.85. The molecule has 2 nitrogen and oxygen atoms in total. The number of benzene rings is 1. The van der Waals surface area contributed by atoms with E-state index in [1.165, 1.54) is 29.7 Å². The molecule has 0 saturated carbocycles. The van der Waals surface area contributed by atoms with Crippen LogP contribution >= 0.6 is 0 Å². The van der Waals surface area contributed by atoms with Gasteiger partial charge >= 0.3 is 0 Å². The number of unbranched alkanes of at least 4 members (excludes halogenated alkanes) is 1. The van der Waals surface area contributed by atoms with E-state index in [-0.39, 0.29) is 5.41 Å². The number of rotatable bonds is 4. The van der Waals surface area contributed by atoms with E-state index in [2.05, 4.69) is 43.9 Å². The van der Waals surface area contributed by atoms with Gasteiger partial charge in [0.15, 0.2) is 0 Å². The minimum atomic E-state index is 0.252. The third kappa shape index (κ3) is 3.12. The summed E-state index contributed by atoms with van der Waals surface area (Å²) in [5.41, 5.74) is 10.3. The molecular weight excluding hydrogens is 220 g/mol. The van der Waals surface area contributed by atoms with E-state index in [9.17, 15) is 0 Å². The van der Waals surface area contributed by atoms with Crippen LogP contribution in [0.3, 0.4) is 0 Å². The Kier molecular flexibility index (Phi) is 4.08.